The molecule has 0 saturated heterocycles. The minimum absolute atomic E-state index is 0.0201. The number of fused-ring (bicyclic) bond motifs is 1. The van der Waals surface area contributed by atoms with Crippen LogP contribution in [-0.2, 0) is 32.0 Å². The number of H-pyrrole nitrogens is 2. The molecule has 0 radical (unpaired) electrons. The summed E-state index contributed by atoms with van der Waals surface area (Å²) >= 11 is 0. The number of aliphatic carboxylic acids is 1. The molecule has 45 heavy (non-hydrogen) atoms. The number of carboxylic acids is 1. The SMILES string of the molecule is NCCCCC(NC(=O)C(CCCN=C(N)N)NC(=O)C(N)Cc1cnc[nH]1)C(=O)NC(Cc1c[nH]c2ccccc12)C(=O)O. The van der Waals surface area contributed by atoms with E-state index in [1.54, 1.807) is 12.4 Å². The first-order valence-corrected chi connectivity index (χ1v) is 14.8. The lowest BCUT2D eigenvalue weighted by molar-refractivity contribution is -0.142. The first-order chi connectivity index (χ1) is 21.6. The number of aliphatic imine (C=N–C) groups is 1. The van der Waals surface area contributed by atoms with E-state index in [0.717, 1.165) is 16.5 Å². The van der Waals surface area contributed by atoms with Crippen molar-refractivity contribution in [3.63, 3.8) is 0 Å². The number of amides is 3. The van der Waals surface area contributed by atoms with Crippen LogP contribution in [0.2, 0.25) is 0 Å². The average molecular weight is 626 g/mol. The van der Waals surface area contributed by atoms with Gasteiger partial charge in [0.2, 0.25) is 17.7 Å². The smallest absolute Gasteiger partial charge is 0.326 e. The summed E-state index contributed by atoms with van der Waals surface area (Å²) in [7, 11) is 0. The van der Waals surface area contributed by atoms with E-state index < -0.39 is 47.9 Å². The standard InChI is InChI=1S/C29H43N11O5/c30-10-4-3-8-22(27(43)40-24(28(44)45)12-17-14-36-21-7-2-1-6-19(17)21)39-26(42)23(9-5-11-35-29(32)33)38-25(41)20(31)13-18-15-34-16-37-18/h1-2,6-7,14-16,20,22-24,36H,3-5,8-13,30-31H2,(H,34,37)(H,38,41)(H,39,42)(H,40,43)(H,44,45)(H4,32,33,35). The van der Waals surface area contributed by atoms with Crippen molar-refractivity contribution in [3.05, 3.63) is 54.2 Å². The second kappa shape index (κ2) is 17.4. The number of hydrogen-bond acceptors (Lipinski definition) is 8. The van der Waals surface area contributed by atoms with Crippen molar-refractivity contribution < 1.29 is 24.3 Å². The van der Waals surface area contributed by atoms with Crippen LogP contribution in [0.5, 0.6) is 0 Å². The van der Waals surface area contributed by atoms with Crippen LogP contribution in [0.4, 0.5) is 0 Å². The summed E-state index contributed by atoms with van der Waals surface area (Å²) in [5.41, 5.74) is 24.7. The van der Waals surface area contributed by atoms with Gasteiger partial charge in [-0.2, -0.15) is 0 Å². The molecule has 16 nitrogen and oxygen atoms in total. The zero-order chi connectivity index (χ0) is 32.8. The molecule has 0 aliphatic heterocycles. The second-order valence-corrected chi connectivity index (χ2v) is 10.7. The summed E-state index contributed by atoms with van der Waals surface area (Å²) in [6.07, 6.45) is 6.64. The Balaban J connectivity index is 1.73. The normalized spacial score (nSPS) is 13.7. The molecule has 14 N–H and O–H groups in total. The minimum atomic E-state index is -1.26. The Labute approximate surface area is 260 Å². The molecule has 16 heteroatoms. The summed E-state index contributed by atoms with van der Waals surface area (Å²) in [4.78, 5) is 65.9. The van der Waals surface area contributed by atoms with Crippen LogP contribution in [0.25, 0.3) is 10.9 Å². The van der Waals surface area contributed by atoms with Crippen molar-refractivity contribution in [1.82, 2.24) is 30.9 Å². The monoisotopic (exact) mass is 625 g/mol. The lowest BCUT2D eigenvalue weighted by Gasteiger charge is -2.25. The summed E-state index contributed by atoms with van der Waals surface area (Å²) in [5, 5.41) is 18.7. The number of unbranched alkanes of at least 4 members (excludes halogenated alkanes) is 1. The number of hydrogen-bond donors (Lipinski definition) is 10. The van der Waals surface area contributed by atoms with Crippen LogP contribution < -0.4 is 38.9 Å². The maximum atomic E-state index is 13.5. The van der Waals surface area contributed by atoms with Crippen molar-refractivity contribution in [2.75, 3.05) is 13.1 Å². The zero-order valence-corrected chi connectivity index (χ0v) is 25.0. The lowest BCUT2D eigenvalue weighted by Crippen LogP contribution is -2.57. The van der Waals surface area contributed by atoms with E-state index in [2.05, 4.69) is 35.9 Å². The fraction of sp³-hybridized carbons (Fsp3) is 0.448. The predicted molar refractivity (Wildman–Crippen MR) is 169 cm³/mol. The summed E-state index contributed by atoms with van der Waals surface area (Å²) < 4.78 is 0. The Kier molecular flexibility index (Phi) is 13.3. The molecular weight excluding hydrogens is 582 g/mol. The van der Waals surface area contributed by atoms with Gasteiger partial charge in [-0.05, 0) is 50.3 Å². The van der Waals surface area contributed by atoms with Crippen molar-refractivity contribution in [3.8, 4) is 0 Å². The average Bonchev–Trinajstić information content (AvgIpc) is 3.67. The highest BCUT2D eigenvalue weighted by molar-refractivity contribution is 5.94. The molecule has 4 unspecified atom stereocenters. The van der Waals surface area contributed by atoms with Gasteiger partial charge in [0, 0.05) is 48.4 Å². The second-order valence-electron chi connectivity index (χ2n) is 10.7. The number of carbonyl (C=O) groups excluding carboxylic acids is 3. The third kappa shape index (κ3) is 10.9. The van der Waals surface area contributed by atoms with Crippen molar-refractivity contribution in [2.45, 2.75) is 69.1 Å². The van der Waals surface area contributed by atoms with E-state index in [1.165, 1.54) is 6.33 Å². The zero-order valence-electron chi connectivity index (χ0n) is 25.0. The molecule has 2 heterocycles. The van der Waals surface area contributed by atoms with Gasteiger partial charge >= 0.3 is 5.97 Å². The van der Waals surface area contributed by atoms with Crippen molar-refractivity contribution in [2.24, 2.45) is 27.9 Å². The molecule has 244 valence electrons. The number of imidazole rings is 1. The fourth-order valence-corrected chi connectivity index (χ4v) is 4.80. The molecule has 2 aromatic heterocycles. The van der Waals surface area contributed by atoms with Gasteiger partial charge in [0.05, 0.1) is 12.4 Å². The summed E-state index contributed by atoms with van der Waals surface area (Å²) in [5.74, 6) is -3.23. The van der Waals surface area contributed by atoms with E-state index in [1.807, 2.05) is 24.3 Å². The number of nitrogens with zero attached hydrogens (tertiary/aromatic N) is 2. The maximum Gasteiger partial charge on any atom is 0.326 e. The minimum Gasteiger partial charge on any atom is -0.480 e. The van der Waals surface area contributed by atoms with Gasteiger partial charge in [0.15, 0.2) is 5.96 Å². The van der Waals surface area contributed by atoms with E-state index in [4.69, 9.17) is 22.9 Å². The summed E-state index contributed by atoms with van der Waals surface area (Å²) in [6.45, 7) is 0.578. The number of carbonyl (C=O) groups is 4. The molecule has 3 rings (SSSR count). The Morgan fingerprint density at radius 1 is 0.889 bits per heavy atom. The molecule has 0 spiro atoms. The molecule has 0 saturated carbocycles. The van der Waals surface area contributed by atoms with Crippen LogP contribution in [0, 0.1) is 0 Å². The first kappa shape index (κ1) is 34.5. The van der Waals surface area contributed by atoms with Gasteiger partial charge in [-0.25, -0.2) is 9.78 Å². The van der Waals surface area contributed by atoms with Crippen molar-refractivity contribution in [1.29, 1.82) is 0 Å². The van der Waals surface area contributed by atoms with Gasteiger partial charge in [0.1, 0.15) is 18.1 Å². The van der Waals surface area contributed by atoms with Gasteiger partial charge in [0.25, 0.3) is 0 Å². The Morgan fingerprint density at radius 3 is 2.20 bits per heavy atom. The molecular formula is C29H43N11O5. The van der Waals surface area contributed by atoms with Gasteiger partial charge < -0.3 is 54.0 Å². The fourth-order valence-electron chi connectivity index (χ4n) is 4.80. The number of rotatable bonds is 19. The Morgan fingerprint density at radius 2 is 1.56 bits per heavy atom. The number of nitrogens with two attached hydrogens (primary N) is 4. The molecule has 1 aromatic carbocycles. The highest BCUT2D eigenvalue weighted by Gasteiger charge is 2.30. The molecule has 3 aromatic rings. The van der Waals surface area contributed by atoms with Crippen LogP contribution in [0.15, 0.2) is 48.0 Å². The molecule has 4 atom stereocenters. The van der Waals surface area contributed by atoms with E-state index >= 15 is 0 Å². The quantitative estimate of drug-likeness (QED) is 0.0428. The van der Waals surface area contributed by atoms with Gasteiger partial charge in [-0.3, -0.25) is 19.4 Å². The molecule has 0 aliphatic rings. The highest BCUT2D eigenvalue weighted by atomic mass is 16.4. The lowest BCUT2D eigenvalue weighted by atomic mass is 10.0. The predicted octanol–water partition coefficient (Wildman–Crippen LogP) is -1.27. The number of nitrogens with one attached hydrogen (secondary N) is 5. The number of para-hydroxylation sites is 1. The number of benzene rings is 1. The highest BCUT2D eigenvalue weighted by Crippen LogP contribution is 2.19. The van der Waals surface area contributed by atoms with Crippen molar-refractivity contribution >= 4 is 40.6 Å². The van der Waals surface area contributed by atoms with Crippen LogP contribution in [0.3, 0.4) is 0 Å². The summed E-state index contributed by atoms with van der Waals surface area (Å²) in [6, 6.07) is 3.01. The molecule has 0 aliphatic carbocycles. The largest absolute Gasteiger partial charge is 0.480 e. The van der Waals surface area contributed by atoms with Gasteiger partial charge in [-0.15, -0.1) is 0 Å². The van der Waals surface area contributed by atoms with Crippen LogP contribution in [-0.4, -0.2) is 87.0 Å². The number of carboxylic acid groups (broad SMARTS) is 1. The third-order valence-electron chi connectivity index (χ3n) is 7.20. The Hall–Kier alpha value is -4.96. The van der Waals surface area contributed by atoms with E-state index in [0.29, 0.717) is 31.5 Å². The number of aromatic amines is 2. The third-order valence-corrected chi connectivity index (χ3v) is 7.20. The number of aromatic nitrogens is 3. The van der Waals surface area contributed by atoms with E-state index in [9.17, 15) is 24.3 Å². The maximum absolute atomic E-state index is 13.5. The van der Waals surface area contributed by atoms with Gasteiger partial charge in [-0.1, -0.05) is 18.2 Å². The first-order valence-electron chi connectivity index (χ1n) is 14.8. The number of guanidine groups is 1. The molecule has 0 bridgehead atoms. The van der Waals surface area contributed by atoms with Crippen LogP contribution >= 0.6 is 0 Å². The Bertz CT molecular complexity index is 1440. The molecule has 0 fully saturated rings. The topological polar surface area (TPSA) is 286 Å². The van der Waals surface area contributed by atoms with Crippen LogP contribution in [0.1, 0.15) is 43.4 Å². The van der Waals surface area contributed by atoms with E-state index in [-0.39, 0.29) is 38.2 Å². The molecule has 3 amide bonds.